The molecule has 2 amide bonds. The number of aliphatic carboxylic acids is 2. The fourth-order valence-corrected chi connectivity index (χ4v) is 6.97. The largest absolute Gasteiger partial charge is 0.481 e. The van der Waals surface area contributed by atoms with E-state index in [1.165, 1.54) is 39.8 Å². The maximum Gasteiger partial charge on any atom is 0.353 e. The number of nitrogens with one attached hydrogen (secondary N) is 1. The maximum atomic E-state index is 12.8. The molecule has 172 valence electrons. The van der Waals surface area contributed by atoms with Crippen molar-refractivity contribution in [3.8, 4) is 0 Å². The highest BCUT2D eigenvalue weighted by Crippen LogP contribution is 2.45. The molecular weight excluding hydrogens is 486 g/mol. The minimum atomic E-state index is -1.21. The number of aryl methyl sites for hydroxylation is 1. The number of thioether (sulfide) groups is 2. The van der Waals surface area contributed by atoms with Crippen LogP contribution in [0.4, 0.5) is 0 Å². The van der Waals surface area contributed by atoms with Crippen molar-refractivity contribution in [2.75, 3.05) is 5.75 Å². The SMILES string of the molecule is O=C(O)CCc1csc(SC2=C(C(=O)O)N3C(=O)[C@@H](NC(=O)Cc4ccccc4)[C@H]3SC2)n1. The molecular formula is C21H19N3O6S3. The topological polar surface area (TPSA) is 137 Å². The molecule has 33 heavy (non-hydrogen) atoms. The van der Waals surface area contributed by atoms with Crippen molar-refractivity contribution in [1.82, 2.24) is 15.2 Å². The average Bonchev–Trinajstić information content (AvgIpc) is 3.23. The number of hydrogen-bond donors (Lipinski definition) is 3. The lowest BCUT2D eigenvalue weighted by Gasteiger charge is -2.49. The number of fused-ring (bicyclic) bond motifs is 1. The van der Waals surface area contributed by atoms with Crippen LogP contribution < -0.4 is 5.32 Å². The molecule has 2 aromatic rings. The Hall–Kier alpha value is -2.83. The number of thiazole rings is 1. The molecule has 0 bridgehead atoms. The van der Waals surface area contributed by atoms with Crippen LogP contribution in [0, 0.1) is 0 Å². The highest BCUT2D eigenvalue weighted by Gasteiger charge is 2.54. The summed E-state index contributed by atoms with van der Waals surface area (Å²) in [4.78, 5) is 54.0. The van der Waals surface area contributed by atoms with Crippen LogP contribution in [-0.4, -0.2) is 61.0 Å². The average molecular weight is 506 g/mol. The molecule has 1 aromatic heterocycles. The number of aromatic nitrogens is 1. The second-order valence-corrected chi connectivity index (χ2v) is 10.6. The van der Waals surface area contributed by atoms with Gasteiger partial charge in [-0.2, -0.15) is 0 Å². The van der Waals surface area contributed by atoms with Gasteiger partial charge in [0.2, 0.25) is 5.91 Å². The molecule has 0 saturated carbocycles. The first-order valence-corrected chi connectivity index (χ1v) is 12.7. The predicted octanol–water partition coefficient (Wildman–Crippen LogP) is 2.19. The number of benzene rings is 1. The number of carboxylic acid groups (broad SMARTS) is 2. The van der Waals surface area contributed by atoms with Crippen molar-refractivity contribution < 1.29 is 29.4 Å². The van der Waals surface area contributed by atoms with Crippen molar-refractivity contribution >= 4 is 58.6 Å². The van der Waals surface area contributed by atoms with Crippen LogP contribution in [-0.2, 0) is 32.0 Å². The number of amides is 2. The van der Waals surface area contributed by atoms with E-state index in [0.717, 1.165) is 5.56 Å². The second-order valence-electron chi connectivity index (χ2n) is 7.29. The Morgan fingerprint density at radius 1 is 1.21 bits per heavy atom. The minimum absolute atomic E-state index is 0.0336. The third-order valence-electron chi connectivity index (χ3n) is 5.00. The summed E-state index contributed by atoms with van der Waals surface area (Å²) in [7, 11) is 0. The molecule has 0 aliphatic carbocycles. The lowest BCUT2D eigenvalue weighted by Crippen LogP contribution is -2.70. The van der Waals surface area contributed by atoms with Gasteiger partial charge in [0.1, 0.15) is 17.1 Å². The van der Waals surface area contributed by atoms with Crippen LogP contribution in [0.1, 0.15) is 17.7 Å². The molecule has 0 spiro atoms. The van der Waals surface area contributed by atoms with Crippen molar-refractivity contribution in [1.29, 1.82) is 0 Å². The van der Waals surface area contributed by atoms with Gasteiger partial charge in [0.15, 0.2) is 4.34 Å². The Kier molecular flexibility index (Phi) is 7.05. The lowest BCUT2D eigenvalue weighted by atomic mass is 10.0. The molecule has 1 fully saturated rings. The first kappa shape index (κ1) is 23.3. The molecule has 3 heterocycles. The third-order valence-corrected chi connectivity index (χ3v) is 8.53. The van der Waals surface area contributed by atoms with E-state index in [1.54, 1.807) is 5.38 Å². The predicted molar refractivity (Wildman–Crippen MR) is 124 cm³/mol. The van der Waals surface area contributed by atoms with Crippen molar-refractivity contribution in [2.24, 2.45) is 0 Å². The smallest absolute Gasteiger partial charge is 0.353 e. The van der Waals surface area contributed by atoms with Crippen molar-refractivity contribution in [3.05, 3.63) is 57.6 Å². The number of β-lactam (4-membered cyclic amide) rings is 1. The number of hydrogen-bond acceptors (Lipinski definition) is 8. The summed E-state index contributed by atoms with van der Waals surface area (Å²) in [5.74, 6) is -2.52. The monoisotopic (exact) mass is 505 g/mol. The first-order valence-electron chi connectivity index (χ1n) is 9.92. The molecule has 0 radical (unpaired) electrons. The number of carbonyl (C=O) groups is 4. The summed E-state index contributed by atoms with van der Waals surface area (Å²) in [6.07, 6.45) is 0.399. The van der Waals surface area contributed by atoms with Crippen LogP contribution >= 0.6 is 34.9 Å². The van der Waals surface area contributed by atoms with Crippen molar-refractivity contribution in [2.45, 2.75) is 35.0 Å². The van der Waals surface area contributed by atoms with E-state index in [9.17, 15) is 24.3 Å². The van der Waals surface area contributed by atoms with E-state index >= 15 is 0 Å². The molecule has 2 atom stereocenters. The zero-order chi connectivity index (χ0) is 23.5. The minimum Gasteiger partial charge on any atom is -0.481 e. The molecule has 1 aromatic carbocycles. The van der Waals surface area contributed by atoms with E-state index in [2.05, 4.69) is 10.3 Å². The highest BCUT2D eigenvalue weighted by atomic mass is 32.2. The fourth-order valence-electron chi connectivity index (χ4n) is 3.47. The van der Waals surface area contributed by atoms with E-state index in [4.69, 9.17) is 5.11 Å². The molecule has 0 unspecified atom stereocenters. The molecule has 4 rings (SSSR count). The normalized spacial score (nSPS) is 19.6. The van der Waals surface area contributed by atoms with E-state index in [-0.39, 0.29) is 24.4 Å². The van der Waals surface area contributed by atoms with E-state index < -0.39 is 29.3 Å². The van der Waals surface area contributed by atoms with Crippen LogP contribution in [0.15, 0.2) is 50.7 Å². The van der Waals surface area contributed by atoms with E-state index in [0.29, 0.717) is 27.1 Å². The molecule has 2 aliphatic rings. The van der Waals surface area contributed by atoms with Crippen LogP contribution in [0.3, 0.4) is 0 Å². The summed E-state index contributed by atoms with van der Waals surface area (Å²) in [6, 6.07) is 8.39. The zero-order valence-electron chi connectivity index (χ0n) is 17.1. The summed E-state index contributed by atoms with van der Waals surface area (Å²) in [5, 5.41) is 22.6. The third kappa shape index (κ3) is 5.23. The van der Waals surface area contributed by atoms with Gasteiger partial charge in [-0.3, -0.25) is 19.3 Å². The summed E-state index contributed by atoms with van der Waals surface area (Å²) in [5.41, 5.74) is 1.36. The lowest BCUT2D eigenvalue weighted by molar-refractivity contribution is -0.150. The van der Waals surface area contributed by atoms with Crippen LogP contribution in [0.5, 0.6) is 0 Å². The van der Waals surface area contributed by atoms with Gasteiger partial charge in [0, 0.05) is 22.5 Å². The molecule has 9 nitrogen and oxygen atoms in total. The van der Waals surface area contributed by atoms with Gasteiger partial charge in [0.05, 0.1) is 18.5 Å². The van der Waals surface area contributed by atoms with Gasteiger partial charge in [-0.05, 0) is 5.56 Å². The van der Waals surface area contributed by atoms with Crippen molar-refractivity contribution in [3.63, 3.8) is 0 Å². The first-order chi connectivity index (χ1) is 15.8. The molecule has 3 N–H and O–H groups in total. The summed E-state index contributed by atoms with van der Waals surface area (Å²) < 4.78 is 0.587. The Balaban J connectivity index is 1.44. The molecule has 12 heteroatoms. The number of carbonyl (C=O) groups excluding carboxylic acids is 2. The fraction of sp³-hybridized carbons (Fsp3) is 0.286. The number of nitrogens with zero attached hydrogens (tertiary/aromatic N) is 2. The van der Waals surface area contributed by atoms with Crippen LogP contribution in [0.25, 0.3) is 0 Å². The standard InChI is InChI=1S/C21H19N3O6S3/c25-14(8-11-4-2-1-3-5-11)23-16-18(28)24-17(20(29)30)13(10-31-19(16)24)33-21-22-12(9-32-21)6-7-15(26)27/h1-5,9,16,19H,6-8,10H2,(H,23,25)(H,26,27)(H,29,30)/t16-,19-/m1/s1. The summed E-state index contributed by atoms with van der Waals surface area (Å²) in [6.45, 7) is 0. The Bertz CT molecular complexity index is 1130. The number of carboxylic acids is 2. The van der Waals surface area contributed by atoms with Gasteiger partial charge >= 0.3 is 11.9 Å². The Morgan fingerprint density at radius 3 is 2.67 bits per heavy atom. The Labute approximate surface area is 201 Å². The van der Waals surface area contributed by atoms with Gasteiger partial charge < -0.3 is 15.5 Å². The van der Waals surface area contributed by atoms with Gasteiger partial charge in [-0.1, -0.05) is 42.1 Å². The van der Waals surface area contributed by atoms with Gasteiger partial charge in [-0.25, -0.2) is 9.78 Å². The highest BCUT2D eigenvalue weighted by molar-refractivity contribution is 8.07. The zero-order valence-corrected chi connectivity index (χ0v) is 19.5. The Morgan fingerprint density at radius 2 is 1.97 bits per heavy atom. The quantitative estimate of drug-likeness (QED) is 0.438. The van der Waals surface area contributed by atoms with Crippen LogP contribution in [0.2, 0.25) is 0 Å². The number of rotatable bonds is 9. The maximum absolute atomic E-state index is 12.8. The van der Waals surface area contributed by atoms with Gasteiger partial charge in [-0.15, -0.1) is 23.1 Å². The summed E-state index contributed by atoms with van der Waals surface area (Å²) >= 11 is 3.86. The molecule has 2 aliphatic heterocycles. The second kappa shape index (κ2) is 9.98. The molecule has 1 saturated heterocycles. The van der Waals surface area contributed by atoms with Gasteiger partial charge in [0.25, 0.3) is 5.91 Å². The van der Waals surface area contributed by atoms with E-state index in [1.807, 2.05) is 30.3 Å².